The Labute approximate surface area is 370 Å². The summed E-state index contributed by atoms with van der Waals surface area (Å²) in [6.07, 6.45) is -9.51. The zero-order chi connectivity index (χ0) is 47.2. The van der Waals surface area contributed by atoms with Gasteiger partial charge in [-0.25, -0.2) is 4.39 Å². The van der Waals surface area contributed by atoms with Crippen molar-refractivity contribution in [2.75, 3.05) is 37.1 Å². The van der Waals surface area contributed by atoms with Crippen LogP contribution < -0.4 is 35.5 Å². The predicted molar refractivity (Wildman–Crippen MR) is 232 cm³/mol. The van der Waals surface area contributed by atoms with Gasteiger partial charge in [-0.15, -0.1) is 13.2 Å². The van der Waals surface area contributed by atoms with Gasteiger partial charge >= 0.3 is 12.5 Å². The summed E-state index contributed by atoms with van der Waals surface area (Å²) in [5.74, 6) is -2.24. The molecule has 2 amide bonds. The van der Waals surface area contributed by atoms with E-state index in [-0.39, 0.29) is 54.0 Å². The minimum absolute atomic E-state index is 0.0220. The summed E-state index contributed by atoms with van der Waals surface area (Å²) in [6.45, 7) is 1.07. The molecule has 0 aliphatic carbocycles. The zero-order valence-corrected chi connectivity index (χ0v) is 35.4. The second kappa shape index (κ2) is 19.5. The molecule has 0 spiro atoms. The first-order valence-electron chi connectivity index (χ1n) is 20.1. The molecule has 0 radical (unpaired) electrons. The van der Waals surface area contributed by atoms with E-state index in [4.69, 9.17) is 20.9 Å². The van der Waals surface area contributed by atoms with Gasteiger partial charge in [0.15, 0.2) is 22.6 Å². The molecule has 0 saturated carbocycles. The van der Waals surface area contributed by atoms with E-state index in [9.17, 15) is 30.7 Å². The van der Waals surface area contributed by atoms with Crippen LogP contribution >= 0.6 is 0 Å². The lowest BCUT2D eigenvalue weighted by Gasteiger charge is -2.48. The van der Waals surface area contributed by atoms with E-state index in [1.807, 2.05) is 0 Å². The number of amides is 2. The Bertz CT molecular complexity index is 2580. The summed E-state index contributed by atoms with van der Waals surface area (Å²) >= 11 is 0. The first-order valence-corrected chi connectivity index (χ1v) is 20.1. The number of carbonyl (C=O) groups excluding carboxylic acids is 2. The summed E-state index contributed by atoms with van der Waals surface area (Å²) in [6, 6.07) is 33.6. The topological polar surface area (TPSA) is 120 Å². The van der Waals surface area contributed by atoms with Gasteiger partial charge in [0, 0.05) is 24.5 Å². The molecule has 6 aromatic rings. The van der Waals surface area contributed by atoms with Crippen LogP contribution in [0.3, 0.4) is 0 Å². The van der Waals surface area contributed by atoms with Crippen LogP contribution in [0.4, 0.5) is 42.1 Å². The van der Waals surface area contributed by atoms with Gasteiger partial charge in [0.05, 0.1) is 19.8 Å². The Balaban J connectivity index is 1.54. The standard InChI is InChI=1S/C49H45F7N4O5/c1-32-30-39(21-24-41(32)50)60(28-26-33-14-17-37(18-15-33)48(51,52)53)45(62)47(58,36-12-8-5-9-13-36)46(57,35-10-6-4-7-11-35)44(61)59(38-19-22-40(23-20-38)65-49(54,55)56)29-27-34-16-25-42(63-2)43(31-34)64-3/h4-25,30-31H,26-29,57-58H2,1-3H3. The average Bonchev–Trinajstić information content (AvgIpc) is 3.29. The van der Waals surface area contributed by atoms with E-state index in [0.717, 1.165) is 30.3 Å². The number of benzene rings is 6. The summed E-state index contributed by atoms with van der Waals surface area (Å²) < 4.78 is 110. The van der Waals surface area contributed by atoms with Crippen molar-refractivity contribution in [3.63, 3.8) is 0 Å². The Morgan fingerprint density at radius 1 is 0.554 bits per heavy atom. The quantitative estimate of drug-likeness (QED) is 0.0929. The van der Waals surface area contributed by atoms with Gasteiger partial charge in [0.25, 0.3) is 11.8 Å². The maximum Gasteiger partial charge on any atom is 0.573 e. The number of halogens is 7. The van der Waals surface area contributed by atoms with Gasteiger partial charge < -0.3 is 35.5 Å². The Morgan fingerprint density at radius 3 is 1.51 bits per heavy atom. The first kappa shape index (κ1) is 47.6. The van der Waals surface area contributed by atoms with Crippen LogP contribution in [0.1, 0.15) is 33.4 Å². The van der Waals surface area contributed by atoms with Crippen LogP contribution in [-0.2, 0) is 39.7 Å². The largest absolute Gasteiger partial charge is 0.573 e. The molecule has 2 atom stereocenters. The molecule has 0 aliphatic heterocycles. The Hall–Kier alpha value is -6.91. The number of rotatable bonds is 16. The van der Waals surface area contributed by atoms with Crippen molar-refractivity contribution in [2.45, 2.75) is 43.4 Å². The SMILES string of the molecule is COc1ccc(CCN(C(=O)C(N)(c2ccccc2)C(N)(C(=O)N(CCc2ccc(C(F)(F)F)cc2)c2ccc(F)c(C)c2)c2ccccc2)c2ccc(OC(F)(F)F)cc2)cc1OC. The predicted octanol–water partition coefficient (Wildman–Crippen LogP) is 9.63. The van der Waals surface area contributed by atoms with Gasteiger partial charge in [-0.1, -0.05) is 78.9 Å². The highest BCUT2D eigenvalue weighted by atomic mass is 19.4. The minimum Gasteiger partial charge on any atom is -0.493 e. The number of nitrogens with two attached hydrogens (primary N) is 2. The monoisotopic (exact) mass is 902 g/mol. The number of methoxy groups -OCH3 is 2. The first-order chi connectivity index (χ1) is 30.8. The molecule has 2 unspecified atom stereocenters. The van der Waals surface area contributed by atoms with Crippen molar-refractivity contribution in [1.82, 2.24) is 0 Å². The molecule has 6 aromatic carbocycles. The van der Waals surface area contributed by atoms with E-state index >= 15 is 9.59 Å². The maximum absolute atomic E-state index is 16.0. The summed E-state index contributed by atoms with van der Waals surface area (Å²) in [5.41, 5.74) is 10.7. The molecule has 340 valence electrons. The molecule has 0 heterocycles. The molecule has 0 aliphatic rings. The molecular formula is C49H45F7N4O5. The molecule has 4 N–H and O–H groups in total. The van der Waals surface area contributed by atoms with Crippen molar-refractivity contribution in [1.29, 1.82) is 0 Å². The van der Waals surface area contributed by atoms with Gasteiger partial charge in [-0.2, -0.15) is 13.2 Å². The number of nitrogens with zero attached hydrogens (tertiary/aromatic N) is 2. The Morgan fingerprint density at radius 2 is 1.03 bits per heavy atom. The zero-order valence-electron chi connectivity index (χ0n) is 35.4. The molecule has 0 fully saturated rings. The van der Waals surface area contributed by atoms with Crippen LogP contribution in [0, 0.1) is 12.7 Å². The molecule has 0 saturated heterocycles. The fourth-order valence-electron chi connectivity index (χ4n) is 7.57. The van der Waals surface area contributed by atoms with Crippen molar-refractivity contribution in [3.8, 4) is 17.2 Å². The van der Waals surface area contributed by atoms with E-state index < -0.39 is 52.6 Å². The number of alkyl halides is 6. The molecule has 0 bridgehead atoms. The van der Waals surface area contributed by atoms with Crippen molar-refractivity contribution in [3.05, 3.63) is 185 Å². The second-order valence-corrected chi connectivity index (χ2v) is 15.1. The van der Waals surface area contributed by atoms with Crippen LogP contribution in [0.5, 0.6) is 17.2 Å². The minimum atomic E-state index is -5.01. The highest BCUT2D eigenvalue weighted by molar-refractivity contribution is 6.11. The van der Waals surface area contributed by atoms with E-state index in [2.05, 4.69) is 4.74 Å². The van der Waals surface area contributed by atoms with E-state index in [0.29, 0.717) is 22.6 Å². The molecule has 0 aromatic heterocycles. The maximum atomic E-state index is 16.0. The summed E-state index contributed by atoms with van der Waals surface area (Å²) in [5, 5.41) is 0. The lowest BCUT2D eigenvalue weighted by molar-refractivity contribution is -0.274. The van der Waals surface area contributed by atoms with Gasteiger partial charge in [-0.3, -0.25) is 9.59 Å². The molecular weight excluding hydrogens is 858 g/mol. The molecule has 9 nitrogen and oxygen atoms in total. The van der Waals surface area contributed by atoms with Crippen molar-refractivity contribution in [2.24, 2.45) is 11.5 Å². The number of anilines is 2. The highest BCUT2D eigenvalue weighted by Gasteiger charge is 2.61. The second-order valence-electron chi connectivity index (χ2n) is 15.1. The highest BCUT2D eigenvalue weighted by Crippen LogP contribution is 2.43. The summed E-state index contributed by atoms with van der Waals surface area (Å²) in [7, 11) is 2.92. The van der Waals surface area contributed by atoms with Crippen LogP contribution in [-0.4, -0.2) is 45.5 Å². The fraction of sp³-hybridized carbons (Fsp3) is 0.224. The number of hydrogen-bond donors (Lipinski definition) is 2. The lowest BCUT2D eigenvalue weighted by atomic mass is 9.67. The smallest absolute Gasteiger partial charge is 0.493 e. The van der Waals surface area contributed by atoms with Crippen LogP contribution in [0.2, 0.25) is 0 Å². The lowest BCUT2D eigenvalue weighted by Crippen LogP contribution is -2.74. The average molecular weight is 903 g/mol. The molecule has 65 heavy (non-hydrogen) atoms. The van der Waals surface area contributed by atoms with E-state index in [1.165, 1.54) is 91.6 Å². The van der Waals surface area contributed by atoms with Crippen LogP contribution in [0.25, 0.3) is 0 Å². The van der Waals surface area contributed by atoms with Gasteiger partial charge in [-0.05, 0) is 114 Å². The number of aryl methyl sites for hydroxylation is 1. The van der Waals surface area contributed by atoms with Gasteiger partial charge in [0.1, 0.15) is 11.6 Å². The number of carbonyl (C=O) groups is 2. The molecule has 6 rings (SSSR count). The normalized spacial score (nSPS) is 13.5. The molecule has 16 heteroatoms. The third-order valence-electron chi connectivity index (χ3n) is 11.1. The third kappa shape index (κ3) is 10.4. The number of hydrogen-bond acceptors (Lipinski definition) is 7. The van der Waals surface area contributed by atoms with Crippen molar-refractivity contribution < 1.29 is 54.5 Å². The van der Waals surface area contributed by atoms with Crippen LogP contribution in [0.15, 0.2) is 146 Å². The van der Waals surface area contributed by atoms with Gasteiger partial charge in [0.2, 0.25) is 0 Å². The summed E-state index contributed by atoms with van der Waals surface area (Å²) in [4.78, 5) is 34.3. The number of ether oxygens (including phenoxy) is 3. The Kier molecular flexibility index (Phi) is 14.2. The fourth-order valence-corrected chi connectivity index (χ4v) is 7.57. The third-order valence-corrected chi connectivity index (χ3v) is 11.1. The van der Waals surface area contributed by atoms with Crippen molar-refractivity contribution >= 4 is 23.2 Å². The van der Waals surface area contributed by atoms with E-state index in [1.54, 1.807) is 54.6 Å².